The number of alkyl halides is 3. The van der Waals surface area contributed by atoms with Gasteiger partial charge < -0.3 is 35.0 Å². The highest BCUT2D eigenvalue weighted by molar-refractivity contribution is 6.01. The van der Waals surface area contributed by atoms with Crippen molar-refractivity contribution < 1.29 is 61.9 Å². The first kappa shape index (κ1) is 31.9. The molecule has 0 saturated carbocycles. The lowest BCUT2D eigenvalue weighted by atomic mass is 9.97. The number of amides is 1. The third kappa shape index (κ3) is 12.2. The Hall–Kier alpha value is -4.14. The second-order valence-corrected chi connectivity index (χ2v) is 7.89. The van der Waals surface area contributed by atoms with Gasteiger partial charge >= 0.3 is 24.1 Å². The fourth-order valence-corrected chi connectivity index (χ4v) is 2.96. The Kier molecular flexibility index (Phi) is 12.7. The van der Waals surface area contributed by atoms with Crippen LogP contribution in [0.4, 0.5) is 13.2 Å². The van der Waals surface area contributed by atoms with E-state index in [4.69, 9.17) is 29.6 Å². The maximum absolute atomic E-state index is 12.6. The van der Waals surface area contributed by atoms with Gasteiger partial charge in [0.05, 0.1) is 6.54 Å². The number of carbonyl (C=O) groups excluding carboxylic acids is 2. The van der Waals surface area contributed by atoms with E-state index < -0.39 is 43.1 Å². The molecule has 0 aromatic heterocycles. The topological polar surface area (TPSA) is 180 Å². The van der Waals surface area contributed by atoms with E-state index in [-0.39, 0.29) is 29.5 Å². The zero-order valence-corrected chi connectivity index (χ0v) is 20.2. The molecular weight excluding hydrogens is 520 g/mol. The van der Waals surface area contributed by atoms with Crippen molar-refractivity contribution in [3.63, 3.8) is 0 Å². The minimum Gasteiger partial charge on any atom is -0.479 e. The summed E-state index contributed by atoms with van der Waals surface area (Å²) in [7, 11) is 1.51. The summed E-state index contributed by atoms with van der Waals surface area (Å²) in [5.41, 5.74) is 0.171. The number of halogens is 3. The number of carboxylic acids is 3. The van der Waals surface area contributed by atoms with Crippen molar-refractivity contribution in [1.82, 2.24) is 10.2 Å². The van der Waals surface area contributed by atoms with Gasteiger partial charge in [-0.3, -0.25) is 9.59 Å². The van der Waals surface area contributed by atoms with E-state index in [1.54, 1.807) is 0 Å². The monoisotopic (exact) mass is 547 g/mol. The molecule has 15 heteroatoms. The van der Waals surface area contributed by atoms with Crippen LogP contribution in [0.5, 0.6) is 11.5 Å². The number of allylic oxidation sites excluding steroid dienone is 1. The average Bonchev–Trinajstić information content (AvgIpc) is 2.85. The van der Waals surface area contributed by atoms with Crippen molar-refractivity contribution in [3.8, 4) is 11.5 Å². The largest absolute Gasteiger partial charge is 0.490 e. The molecule has 38 heavy (non-hydrogen) atoms. The molecular formula is C23H27F3N2O10. The molecule has 2 rings (SSSR count). The molecule has 1 heterocycles. The van der Waals surface area contributed by atoms with Gasteiger partial charge in [0, 0.05) is 12.6 Å². The van der Waals surface area contributed by atoms with Crippen LogP contribution in [0.3, 0.4) is 0 Å². The van der Waals surface area contributed by atoms with E-state index in [9.17, 15) is 32.3 Å². The van der Waals surface area contributed by atoms with Gasteiger partial charge in [-0.25, -0.2) is 14.4 Å². The number of carbonyl (C=O) groups is 5. The number of nitrogens with one attached hydrogen (secondary N) is 1. The number of carboxylic acid groups (broad SMARTS) is 3. The lowest BCUT2D eigenvalue weighted by Gasteiger charge is -2.20. The minimum absolute atomic E-state index is 0.00506. The Morgan fingerprint density at radius 1 is 1.00 bits per heavy atom. The number of Topliss-reactive ketones (excluding diaryl/α,β-unsaturated/α-hetero) is 1. The minimum atomic E-state index is -5.08. The van der Waals surface area contributed by atoms with Crippen LogP contribution in [0.25, 0.3) is 0 Å². The van der Waals surface area contributed by atoms with Crippen LogP contribution in [0.2, 0.25) is 0 Å². The number of rotatable bonds is 11. The standard InChI is InChI=1S/C21H26N2O8.C2HF3O2/c1-23(19(25)5-2-14-6-8-22-9-7-14)11-16(24)15-3-4-17(30-12-20(26)27)18(10-15)31-13-21(28)29;3-2(4,5)1(6)7/h2-5,10,14,22H,6-9,11-13H2,1H3,(H,26,27)(H,28,29);(H,6,7)/b5-2+;/i1-1;. The third-order valence-corrected chi connectivity index (χ3v) is 4.86. The summed E-state index contributed by atoms with van der Waals surface area (Å²) in [6, 6.07) is 3.99. The molecule has 1 aromatic carbocycles. The SMILES string of the molecule is O=C(O)C(F)(F)F.[11CH3]N(CC(=O)c1ccc(OCC(=O)O)c(OCC(=O)O)c1)C(=O)/C=C/C1CCNCC1. The molecule has 0 atom stereocenters. The van der Waals surface area contributed by atoms with Gasteiger partial charge in [-0.1, -0.05) is 6.08 Å². The zero-order valence-electron chi connectivity index (χ0n) is 20.2. The van der Waals surface area contributed by atoms with E-state index >= 15 is 0 Å². The van der Waals surface area contributed by atoms with Gasteiger partial charge in [0.1, 0.15) is 0 Å². The second-order valence-electron chi connectivity index (χ2n) is 7.89. The van der Waals surface area contributed by atoms with E-state index in [0.29, 0.717) is 5.92 Å². The summed E-state index contributed by atoms with van der Waals surface area (Å²) in [6.07, 6.45) is 0.188. The maximum atomic E-state index is 12.6. The van der Waals surface area contributed by atoms with E-state index in [2.05, 4.69) is 5.32 Å². The van der Waals surface area contributed by atoms with Crippen LogP contribution in [0, 0.1) is 5.92 Å². The van der Waals surface area contributed by atoms with Gasteiger partial charge in [0.25, 0.3) is 0 Å². The van der Waals surface area contributed by atoms with E-state index in [1.807, 2.05) is 6.08 Å². The van der Waals surface area contributed by atoms with Crippen molar-refractivity contribution in [2.24, 2.45) is 5.92 Å². The molecule has 210 valence electrons. The number of likely N-dealkylation sites (N-methyl/N-ethyl adjacent to an activating group) is 1. The Balaban J connectivity index is 0.000000905. The quantitative estimate of drug-likeness (QED) is 0.233. The van der Waals surface area contributed by atoms with Crippen LogP contribution in [0.1, 0.15) is 23.2 Å². The summed E-state index contributed by atoms with van der Waals surface area (Å²) >= 11 is 0. The molecule has 12 nitrogen and oxygen atoms in total. The van der Waals surface area contributed by atoms with Gasteiger partial charge in [-0.2, -0.15) is 13.2 Å². The van der Waals surface area contributed by atoms with Crippen LogP contribution in [-0.4, -0.2) is 95.9 Å². The number of benzene rings is 1. The number of aliphatic carboxylic acids is 3. The molecule has 1 saturated heterocycles. The average molecular weight is 547 g/mol. The first-order valence-electron chi connectivity index (χ1n) is 11.0. The predicted octanol–water partition coefficient (Wildman–Crippen LogP) is 1.44. The highest BCUT2D eigenvalue weighted by Crippen LogP contribution is 2.29. The number of ether oxygens (including phenoxy) is 2. The molecule has 1 aliphatic heterocycles. The Morgan fingerprint density at radius 2 is 1.53 bits per heavy atom. The normalized spacial score (nSPS) is 13.7. The molecule has 4 N–H and O–H groups in total. The first-order valence-corrected chi connectivity index (χ1v) is 11.0. The first-order chi connectivity index (χ1) is 17.7. The number of hydrogen-bond acceptors (Lipinski definition) is 8. The molecule has 0 spiro atoms. The molecule has 1 aliphatic rings. The van der Waals surface area contributed by atoms with Crippen LogP contribution in [-0.2, 0) is 19.2 Å². The predicted molar refractivity (Wildman–Crippen MR) is 123 cm³/mol. The highest BCUT2D eigenvalue weighted by atomic mass is 19.4. The molecule has 0 bridgehead atoms. The summed E-state index contributed by atoms with van der Waals surface area (Å²) in [4.78, 5) is 56.6. The Bertz CT molecular complexity index is 1040. The molecule has 1 amide bonds. The third-order valence-electron chi connectivity index (χ3n) is 4.86. The van der Waals surface area contributed by atoms with Crippen molar-refractivity contribution in [2.75, 3.05) is 39.9 Å². The van der Waals surface area contributed by atoms with Crippen molar-refractivity contribution in [2.45, 2.75) is 19.0 Å². The Morgan fingerprint density at radius 3 is 2.03 bits per heavy atom. The molecule has 1 aromatic rings. The van der Waals surface area contributed by atoms with E-state index in [1.165, 1.54) is 36.2 Å². The van der Waals surface area contributed by atoms with E-state index in [0.717, 1.165) is 25.9 Å². The second kappa shape index (κ2) is 15.2. The lowest BCUT2D eigenvalue weighted by Crippen LogP contribution is -2.31. The summed E-state index contributed by atoms with van der Waals surface area (Å²) in [6.45, 7) is 0.285. The van der Waals surface area contributed by atoms with Crippen molar-refractivity contribution in [1.29, 1.82) is 0 Å². The summed E-state index contributed by atoms with van der Waals surface area (Å²) < 4.78 is 41.9. The van der Waals surface area contributed by atoms with Gasteiger partial charge in [-0.15, -0.1) is 0 Å². The summed E-state index contributed by atoms with van der Waals surface area (Å²) in [5, 5.41) is 27.9. The van der Waals surface area contributed by atoms with Crippen LogP contribution in [0.15, 0.2) is 30.4 Å². The smallest absolute Gasteiger partial charge is 0.479 e. The summed E-state index contributed by atoms with van der Waals surface area (Å²) in [5.74, 6) is -5.65. The highest BCUT2D eigenvalue weighted by Gasteiger charge is 2.38. The Labute approximate surface area is 214 Å². The van der Waals surface area contributed by atoms with Crippen LogP contribution < -0.4 is 14.8 Å². The maximum Gasteiger partial charge on any atom is 0.490 e. The fraction of sp³-hybridized carbons (Fsp3) is 0.435. The molecule has 0 unspecified atom stereocenters. The van der Waals surface area contributed by atoms with Crippen LogP contribution >= 0.6 is 0 Å². The van der Waals surface area contributed by atoms with Gasteiger partial charge in [-0.05, 0) is 56.1 Å². The fourth-order valence-electron chi connectivity index (χ4n) is 2.96. The zero-order chi connectivity index (χ0) is 28.9. The van der Waals surface area contributed by atoms with Crippen molar-refractivity contribution in [3.05, 3.63) is 35.9 Å². The number of nitrogens with zero attached hydrogens (tertiary/aromatic N) is 1. The molecule has 1 fully saturated rings. The molecule has 0 aliphatic carbocycles. The number of ketones is 1. The number of piperidine rings is 1. The number of hydrogen-bond donors (Lipinski definition) is 4. The van der Waals surface area contributed by atoms with Gasteiger partial charge in [0.2, 0.25) is 5.91 Å². The van der Waals surface area contributed by atoms with Gasteiger partial charge in [0.15, 0.2) is 30.5 Å². The molecule has 0 radical (unpaired) electrons. The lowest BCUT2D eigenvalue weighted by molar-refractivity contribution is -0.192. The van der Waals surface area contributed by atoms with Crippen molar-refractivity contribution >= 4 is 29.6 Å².